The van der Waals surface area contributed by atoms with Gasteiger partial charge in [0.25, 0.3) is 0 Å². The number of thiophene rings is 1. The van der Waals surface area contributed by atoms with Crippen LogP contribution in [0.4, 0.5) is 0 Å². The van der Waals surface area contributed by atoms with Gasteiger partial charge in [-0.1, -0.05) is 45.0 Å². The smallest absolute Gasteiger partial charge is 0.0352 e. The van der Waals surface area contributed by atoms with Crippen molar-refractivity contribution in [2.45, 2.75) is 34.1 Å². The lowest BCUT2D eigenvalue weighted by Crippen LogP contribution is -2.03. The largest absolute Gasteiger partial charge is 0.135 e. The first-order chi connectivity index (χ1) is 8.25. The van der Waals surface area contributed by atoms with Gasteiger partial charge < -0.3 is 0 Å². The van der Waals surface area contributed by atoms with Gasteiger partial charge in [0, 0.05) is 9.58 Å². The Balaban J connectivity index is 0.000000514. The summed E-state index contributed by atoms with van der Waals surface area (Å²) in [6.07, 6.45) is 3.61. The molecule has 1 heterocycles. The normalized spacial score (nSPS) is 18.1. The van der Waals surface area contributed by atoms with Crippen molar-refractivity contribution < 1.29 is 0 Å². The van der Waals surface area contributed by atoms with E-state index >= 15 is 0 Å². The second kappa shape index (κ2) is 5.05. The average Bonchev–Trinajstić information content (AvgIpc) is 2.71. The van der Waals surface area contributed by atoms with Crippen LogP contribution in [0.25, 0.3) is 15.7 Å². The van der Waals surface area contributed by atoms with Gasteiger partial charge in [-0.25, -0.2) is 0 Å². The number of hydrogen-bond acceptors (Lipinski definition) is 1. The summed E-state index contributed by atoms with van der Waals surface area (Å²) in [5, 5.41) is 1.47. The van der Waals surface area contributed by atoms with Crippen LogP contribution in [-0.2, 0) is 6.42 Å². The highest BCUT2D eigenvalue weighted by Crippen LogP contribution is 2.40. The third-order valence-corrected chi connectivity index (χ3v) is 4.47. The van der Waals surface area contributed by atoms with Gasteiger partial charge in [0.05, 0.1) is 0 Å². The molecule has 1 aliphatic rings. The molecular formula is C16H20S. The van der Waals surface area contributed by atoms with E-state index in [1.54, 1.807) is 5.56 Å². The Kier molecular flexibility index (Phi) is 3.68. The van der Waals surface area contributed by atoms with Gasteiger partial charge in [-0.05, 0) is 41.9 Å². The predicted molar refractivity (Wildman–Crippen MR) is 79.7 cm³/mol. The first-order valence-electron chi connectivity index (χ1n) is 6.45. The standard InChI is InChI=1S/C14H14S.C2H6/c1-9-7-10(2)14-12(8-9)11-5-3-4-6-13(11)15-14;1-2/h3-7,9H,8H2,1-2H3;1-2H3. The molecule has 0 saturated carbocycles. The van der Waals surface area contributed by atoms with Crippen molar-refractivity contribution in [3.8, 4) is 0 Å². The topological polar surface area (TPSA) is 0 Å². The fourth-order valence-electron chi connectivity index (χ4n) is 2.50. The molecule has 0 nitrogen and oxygen atoms in total. The van der Waals surface area contributed by atoms with E-state index in [2.05, 4.69) is 44.2 Å². The Morgan fingerprint density at radius 3 is 2.65 bits per heavy atom. The van der Waals surface area contributed by atoms with E-state index < -0.39 is 0 Å². The van der Waals surface area contributed by atoms with E-state index in [4.69, 9.17) is 0 Å². The molecule has 1 atom stereocenters. The van der Waals surface area contributed by atoms with Crippen molar-refractivity contribution >= 4 is 27.0 Å². The van der Waals surface area contributed by atoms with E-state index in [0.29, 0.717) is 5.92 Å². The zero-order valence-electron chi connectivity index (χ0n) is 11.1. The van der Waals surface area contributed by atoms with Crippen molar-refractivity contribution in [3.05, 3.63) is 40.8 Å². The maximum atomic E-state index is 2.40. The van der Waals surface area contributed by atoms with Crippen LogP contribution >= 0.6 is 11.3 Å². The second-order valence-corrected chi connectivity index (χ2v) is 5.49. The van der Waals surface area contributed by atoms with Crippen molar-refractivity contribution in [3.63, 3.8) is 0 Å². The van der Waals surface area contributed by atoms with Crippen LogP contribution in [0.3, 0.4) is 0 Å². The molecule has 0 bridgehead atoms. The fourth-order valence-corrected chi connectivity index (χ4v) is 3.72. The molecule has 90 valence electrons. The monoisotopic (exact) mass is 244 g/mol. The molecule has 0 aliphatic heterocycles. The SMILES string of the molecule is CC.CC1=CC(C)Cc2c1sc1ccccc21. The average molecular weight is 244 g/mol. The molecule has 0 spiro atoms. The summed E-state index contributed by atoms with van der Waals surface area (Å²) in [6.45, 7) is 8.54. The van der Waals surface area contributed by atoms with Crippen LogP contribution in [0.2, 0.25) is 0 Å². The Bertz CT molecular complexity index is 546. The molecule has 0 saturated heterocycles. The Morgan fingerprint density at radius 2 is 1.88 bits per heavy atom. The van der Waals surface area contributed by atoms with E-state index in [1.165, 1.54) is 27.0 Å². The molecule has 1 heteroatoms. The molecule has 0 amide bonds. The highest BCUT2D eigenvalue weighted by atomic mass is 32.1. The van der Waals surface area contributed by atoms with E-state index in [1.807, 2.05) is 25.2 Å². The number of fused-ring (bicyclic) bond motifs is 3. The third kappa shape index (κ3) is 2.16. The number of allylic oxidation sites excluding steroid dienone is 2. The summed E-state index contributed by atoms with van der Waals surface area (Å²) in [5.41, 5.74) is 3.04. The summed E-state index contributed by atoms with van der Waals surface area (Å²) in [7, 11) is 0. The summed E-state index contributed by atoms with van der Waals surface area (Å²) < 4.78 is 1.43. The molecule has 2 aromatic rings. The zero-order valence-corrected chi connectivity index (χ0v) is 11.9. The van der Waals surface area contributed by atoms with Gasteiger partial charge >= 0.3 is 0 Å². The molecule has 0 radical (unpaired) electrons. The van der Waals surface area contributed by atoms with Crippen LogP contribution < -0.4 is 0 Å². The Labute approximate surface area is 108 Å². The summed E-state index contributed by atoms with van der Waals surface area (Å²) in [4.78, 5) is 1.51. The van der Waals surface area contributed by atoms with Crippen molar-refractivity contribution in [2.75, 3.05) is 0 Å². The zero-order chi connectivity index (χ0) is 12.4. The quantitative estimate of drug-likeness (QED) is 0.572. The molecule has 0 N–H and O–H groups in total. The van der Waals surface area contributed by atoms with Crippen molar-refractivity contribution in [1.82, 2.24) is 0 Å². The minimum Gasteiger partial charge on any atom is -0.135 e. The highest BCUT2D eigenvalue weighted by Gasteiger charge is 2.19. The molecule has 3 rings (SSSR count). The van der Waals surface area contributed by atoms with E-state index in [-0.39, 0.29) is 0 Å². The van der Waals surface area contributed by atoms with Crippen LogP contribution in [0.1, 0.15) is 38.1 Å². The number of rotatable bonds is 0. The summed E-state index contributed by atoms with van der Waals surface area (Å²) >= 11 is 1.94. The lowest BCUT2D eigenvalue weighted by molar-refractivity contribution is 0.720. The number of benzene rings is 1. The minimum absolute atomic E-state index is 0.690. The van der Waals surface area contributed by atoms with Crippen LogP contribution in [0.15, 0.2) is 30.3 Å². The Hall–Kier alpha value is -1.08. The lowest BCUT2D eigenvalue weighted by Gasteiger charge is -2.16. The molecule has 1 aliphatic carbocycles. The first kappa shape index (κ1) is 12.4. The van der Waals surface area contributed by atoms with Gasteiger partial charge in [0.2, 0.25) is 0 Å². The molecule has 1 unspecified atom stereocenters. The fraction of sp³-hybridized carbons (Fsp3) is 0.375. The highest BCUT2D eigenvalue weighted by molar-refractivity contribution is 7.20. The third-order valence-electron chi connectivity index (χ3n) is 3.12. The summed E-state index contributed by atoms with van der Waals surface area (Å²) in [6, 6.07) is 8.77. The molecule has 1 aromatic heterocycles. The molecule has 0 fully saturated rings. The van der Waals surface area contributed by atoms with Gasteiger partial charge in [-0.2, -0.15) is 0 Å². The predicted octanol–water partition coefficient (Wildman–Crippen LogP) is 5.52. The van der Waals surface area contributed by atoms with E-state index in [0.717, 1.165) is 0 Å². The van der Waals surface area contributed by atoms with Gasteiger partial charge in [-0.3, -0.25) is 0 Å². The molecule has 1 aromatic carbocycles. The van der Waals surface area contributed by atoms with Gasteiger partial charge in [0.1, 0.15) is 0 Å². The molecular weight excluding hydrogens is 224 g/mol. The van der Waals surface area contributed by atoms with Gasteiger partial charge in [0.15, 0.2) is 0 Å². The van der Waals surface area contributed by atoms with Crippen molar-refractivity contribution in [2.24, 2.45) is 5.92 Å². The summed E-state index contributed by atoms with van der Waals surface area (Å²) in [5.74, 6) is 0.690. The van der Waals surface area contributed by atoms with Crippen LogP contribution in [-0.4, -0.2) is 0 Å². The maximum absolute atomic E-state index is 2.40. The second-order valence-electron chi connectivity index (χ2n) is 4.44. The van der Waals surface area contributed by atoms with Crippen molar-refractivity contribution in [1.29, 1.82) is 0 Å². The minimum atomic E-state index is 0.690. The lowest BCUT2D eigenvalue weighted by atomic mass is 9.90. The Morgan fingerprint density at radius 1 is 1.18 bits per heavy atom. The first-order valence-corrected chi connectivity index (χ1v) is 7.26. The number of hydrogen-bond donors (Lipinski definition) is 0. The maximum Gasteiger partial charge on any atom is 0.0352 e. The van der Waals surface area contributed by atoms with Gasteiger partial charge in [-0.15, -0.1) is 11.3 Å². The van der Waals surface area contributed by atoms with E-state index in [9.17, 15) is 0 Å². The van der Waals surface area contributed by atoms with Crippen LogP contribution in [0.5, 0.6) is 0 Å². The van der Waals surface area contributed by atoms with Crippen LogP contribution in [0, 0.1) is 5.92 Å². The molecule has 17 heavy (non-hydrogen) atoms.